The van der Waals surface area contributed by atoms with Crippen molar-refractivity contribution in [2.24, 2.45) is 0 Å². The zero-order valence-electron chi connectivity index (χ0n) is 14.1. The molecule has 0 aromatic heterocycles. The molecule has 2 aromatic rings. The summed E-state index contributed by atoms with van der Waals surface area (Å²) in [6.07, 6.45) is 1.77. The zero-order valence-corrected chi connectivity index (χ0v) is 14.9. The molecule has 0 N–H and O–H groups in total. The van der Waals surface area contributed by atoms with Crippen molar-refractivity contribution < 1.29 is 23.4 Å². The molecule has 2 aromatic carbocycles. The second-order valence-electron chi connectivity index (χ2n) is 5.36. The third-order valence-electron chi connectivity index (χ3n) is 3.90. The Morgan fingerprint density at radius 1 is 1.08 bits per heavy atom. The first kappa shape index (κ1) is 17.4. The molecule has 0 unspecified atom stereocenters. The van der Waals surface area contributed by atoms with Gasteiger partial charge in [0.05, 0.1) is 26.2 Å². The largest absolute Gasteiger partial charge is 0.493 e. The van der Waals surface area contributed by atoms with Crippen molar-refractivity contribution in [1.29, 1.82) is 0 Å². The van der Waals surface area contributed by atoms with Gasteiger partial charge in [0.25, 0.3) is 0 Å². The summed E-state index contributed by atoms with van der Waals surface area (Å²) in [5.41, 5.74) is 1.74. The Hall–Kier alpha value is -2.47. The van der Waals surface area contributed by atoms with Gasteiger partial charge in [0.1, 0.15) is 5.82 Å². The second kappa shape index (κ2) is 7.19. The van der Waals surface area contributed by atoms with Gasteiger partial charge in [0, 0.05) is 16.9 Å². The molecule has 3 rings (SSSR count). The lowest BCUT2D eigenvalue weighted by Gasteiger charge is -2.18. The predicted molar refractivity (Wildman–Crippen MR) is 95.5 cm³/mol. The molecule has 0 aliphatic carbocycles. The summed E-state index contributed by atoms with van der Waals surface area (Å²) < 4.78 is 29.8. The van der Waals surface area contributed by atoms with Gasteiger partial charge in [0.15, 0.2) is 17.3 Å². The zero-order chi connectivity index (χ0) is 18.0. The summed E-state index contributed by atoms with van der Waals surface area (Å²) in [5, 5.41) is 0. The molecule has 0 bridgehead atoms. The first-order valence-corrected chi connectivity index (χ1v) is 8.54. The molecule has 0 fully saturated rings. The van der Waals surface area contributed by atoms with Gasteiger partial charge in [-0.05, 0) is 35.9 Å². The second-order valence-corrected chi connectivity index (χ2v) is 6.35. The minimum absolute atomic E-state index is 0.165. The van der Waals surface area contributed by atoms with Crippen LogP contribution in [0.25, 0.3) is 6.08 Å². The maximum absolute atomic E-state index is 13.8. The summed E-state index contributed by atoms with van der Waals surface area (Å²) in [6, 6.07) is 8.11. The number of halogens is 1. The number of carbonyl (C=O) groups is 1. The Bertz CT molecular complexity index is 835. The summed E-state index contributed by atoms with van der Waals surface area (Å²) in [6.45, 7) is 0. The highest BCUT2D eigenvalue weighted by atomic mass is 32.2. The van der Waals surface area contributed by atoms with Crippen molar-refractivity contribution in [3.8, 4) is 17.2 Å². The van der Waals surface area contributed by atoms with Crippen LogP contribution in [0.3, 0.4) is 0 Å². The van der Waals surface area contributed by atoms with E-state index in [2.05, 4.69) is 0 Å². The van der Waals surface area contributed by atoms with Crippen LogP contribution < -0.4 is 14.2 Å². The van der Waals surface area contributed by atoms with Crippen LogP contribution in [0, 0.1) is 5.82 Å². The van der Waals surface area contributed by atoms with Crippen LogP contribution >= 0.6 is 11.8 Å². The Kier molecular flexibility index (Phi) is 4.99. The number of fused-ring (bicyclic) bond motifs is 1. The van der Waals surface area contributed by atoms with Crippen LogP contribution in [-0.2, 0) is 0 Å². The van der Waals surface area contributed by atoms with Gasteiger partial charge in [-0.25, -0.2) is 4.39 Å². The number of thioether (sulfide) groups is 1. The topological polar surface area (TPSA) is 44.8 Å². The molecule has 0 radical (unpaired) electrons. The van der Waals surface area contributed by atoms with Gasteiger partial charge < -0.3 is 14.2 Å². The predicted octanol–water partition coefficient (Wildman–Crippen LogP) is 4.22. The van der Waals surface area contributed by atoms with Crippen molar-refractivity contribution in [3.05, 3.63) is 52.8 Å². The Balaban J connectivity index is 2.03. The molecule has 0 saturated heterocycles. The fourth-order valence-electron chi connectivity index (χ4n) is 2.72. The van der Waals surface area contributed by atoms with Crippen molar-refractivity contribution in [1.82, 2.24) is 0 Å². The SMILES string of the molecule is COc1cc(/C=C2/CSc3c(F)cccc3C2=O)cc(OC)c1OC. The van der Waals surface area contributed by atoms with E-state index in [1.807, 2.05) is 0 Å². The highest BCUT2D eigenvalue weighted by Gasteiger charge is 2.25. The molecule has 0 amide bonds. The fourth-order valence-corrected chi connectivity index (χ4v) is 3.75. The van der Waals surface area contributed by atoms with Gasteiger partial charge in [-0.3, -0.25) is 4.79 Å². The minimum atomic E-state index is -0.359. The van der Waals surface area contributed by atoms with E-state index in [4.69, 9.17) is 14.2 Å². The number of methoxy groups -OCH3 is 3. The minimum Gasteiger partial charge on any atom is -0.493 e. The molecule has 0 spiro atoms. The molecule has 1 aliphatic rings. The van der Waals surface area contributed by atoms with E-state index < -0.39 is 0 Å². The Morgan fingerprint density at radius 2 is 1.76 bits per heavy atom. The maximum Gasteiger partial charge on any atom is 0.203 e. The standard InChI is InChI=1S/C19H17FO4S/c1-22-15-8-11(9-16(23-2)18(15)24-3)7-12-10-25-19-13(17(12)21)5-4-6-14(19)20/h4-9H,10H2,1-3H3/b12-7-. The molecular formula is C19H17FO4S. The van der Waals surface area contributed by atoms with Gasteiger partial charge in [-0.2, -0.15) is 0 Å². The average molecular weight is 360 g/mol. The summed E-state index contributed by atoms with van der Waals surface area (Å²) in [7, 11) is 4.61. The van der Waals surface area contributed by atoms with Crippen molar-refractivity contribution >= 4 is 23.6 Å². The Labute approximate surface area is 149 Å². The number of benzene rings is 2. The van der Waals surface area contributed by atoms with E-state index >= 15 is 0 Å². The number of hydrogen-bond acceptors (Lipinski definition) is 5. The van der Waals surface area contributed by atoms with E-state index in [1.54, 1.807) is 30.3 Å². The Morgan fingerprint density at radius 3 is 2.36 bits per heavy atom. The lowest BCUT2D eigenvalue weighted by Crippen LogP contribution is -2.13. The number of hydrogen-bond donors (Lipinski definition) is 0. The van der Waals surface area contributed by atoms with E-state index in [0.717, 1.165) is 5.56 Å². The van der Waals surface area contributed by atoms with Crippen molar-refractivity contribution in [2.45, 2.75) is 4.90 Å². The highest BCUT2D eigenvalue weighted by Crippen LogP contribution is 2.40. The fraction of sp³-hybridized carbons (Fsp3) is 0.211. The smallest absolute Gasteiger partial charge is 0.203 e. The first-order valence-electron chi connectivity index (χ1n) is 7.55. The van der Waals surface area contributed by atoms with Gasteiger partial charge >= 0.3 is 0 Å². The number of ketones is 1. The number of carbonyl (C=O) groups excluding carboxylic acids is 1. The molecule has 25 heavy (non-hydrogen) atoms. The van der Waals surface area contributed by atoms with Crippen LogP contribution in [-0.4, -0.2) is 32.9 Å². The monoisotopic (exact) mass is 360 g/mol. The number of Topliss-reactive ketones (excluding diaryl/α,β-unsaturated/α-hetero) is 1. The van der Waals surface area contributed by atoms with Crippen LogP contribution in [0.2, 0.25) is 0 Å². The maximum atomic E-state index is 13.8. The molecular weight excluding hydrogens is 343 g/mol. The lowest BCUT2D eigenvalue weighted by molar-refractivity contribution is 0.103. The summed E-state index contributed by atoms with van der Waals surface area (Å²) >= 11 is 1.32. The normalized spacial score (nSPS) is 15.0. The van der Waals surface area contributed by atoms with Crippen molar-refractivity contribution in [2.75, 3.05) is 27.1 Å². The average Bonchev–Trinajstić information content (AvgIpc) is 2.63. The van der Waals surface area contributed by atoms with Crippen LogP contribution in [0.4, 0.5) is 4.39 Å². The van der Waals surface area contributed by atoms with Crippen LogP contribution in [0.5, 0.6) is 17.2 Å². The van der Waals surface area contributed by atoms with Crippen molar-refractivity contribution in [3.63, 3.8) is 0 Å². The first-order chi connectivity index (χ1) is 12.1. The number of rotatable bonds is 4. The molecule has 0 atom stereocenters. The molecule has 0 saturated carbocycles. The summed E-state index contributed by atoms with van der Waals surface area (Å²) in [4.78, 5) is 13.1. The van der Waals surface area contributed by atoms with Crippen LogP contribution in [0.1, 0.15) is 15.9 Å². The molecule has 4 nitrogen and oxygen atoms in total. The van der Waals surface area contributed by atoms with Gasteiger partial charge in [-0.1, -0.05) is 6.07 Å². The molecule has 6 heteroatoms. The van der Waals surface area contributed by atoms with E-state index in [9.17, 15) is 9.18 Å². The van der Waals surface area contributed by atoms with E-state index in [1.165, 1.54) is 39.2 Å². The molecule has 1 aliphatic heterocycles. The lowest BCUT2D eigenvalue weighted by atomic mass is 10.0. The summed E-state index contributed by atoms with van der Waals surface area (Å²) in [5.74, 6) is 1.39. The number of ether oxygens (including phenoxy) is 3. The molecule has 1 heterocycles. The van der Waals surface area contributed by atoms with E-state index in [0.29, 0.717) is 39.0 Å². The van der Waals surface area contributed by atoms with E-state index in [-0.39, 0.29) is 11.6 Å². The van der Waals surface area contributed by atoms with Gasteiger partial charge in [-0.15, -0.1) is 11.8 Å². The van der Waals surface area contributed by atoms with Crippen LogP contribution in [0.15, 0.2) is 40.8 Å². The quantitative estimate of drug-likeness (QED) is 0.764. The third kappa shape index (κ3) is 3.22. The van der Waals surface area contributed by atoms with Gasteiger partial charge in [0.2, 0.25) is 5.75 Å². The third-order valence-corrected chi connectivity index (χ3v) is 5.06. The highest BCUT2D eigenvalue weighted by molar-refractivity contribution is 7.99. The molecule has 130 valence electrons.